The number of hydrogen-bond donors (Lipinski definition) is 2. The standard InChI is InChI=1S/C21H21N3OS/c1-3-14-8-10-16(11-9-14)22-21-23-20(25)19(26-21)12-15-13-24(2)18-7-5-4-6-17(15)18/h4-13,21-22H,3H2,1-2H3,(H,23,25)/b19-12-/t21-/m1/s1. The van der Waals surface area contributed by atoms with Gasteiger partial charge in [-0.05, 0) is 36.3 Å². The Hall–Kier alpha value is -2.66. The second-order valence-corrected chi connectivity index (χ2v) is 7.53. The zero-order valence-corrected chi connectivity index (χ0v) is 15.6. The Kier molecular flexibility index (Phi) is 4.47. The molecule has 0 unspecified atom stereocenters. The lowest BCUT2D eigenvalue weighted by molar-refractivity contribution is -0.116. The minimum Gasteiger partial charge on any atom is -0.357 e. The third kappa shape index (κ3) is 3.22. The van der Waals surface area contributed by atoms with Crippen molar-refractivity contribution in [3.63, 3.8) is 0 Å². The van der Waals surface area contributed by atoms with Crippen LogP contribution in [0.15, 0.2) is 59.6 Å². The molecule has 2 aromatic carbocycles. The maximum absolute atomic E-state index is 12.4. The van der Waals surface area contributed by atoms with Crippen LogP contribution in [0.3, 0.4) is 0 Å². The van der Waals surface area contributed by atoms with Crippen LogP contribution in [0.5, 0.6) is 0 Å². The van der Waals surface area contributed by atoms with E-state index in [4.69, 9.17) is 0 Å². The summed E-state index contributed by atoms with van der Waals surface area (Å²) >= 11 is 1.52. The van der Waals surface area contributed by atoms with Crippen LogP contribution < -0.4 is 10.6 Å². The molecule has 1 saturated heterocycles. The van der Waals surface area contributed by atoms with Gasteiger partial charge in [0.05, 0.1) is 4.91 Å². The number of nitrogens with zero attached hydrogens (tertiary/aromatic N) is 1. The Morgan fingerprint density at radius 1 is 1.19 bits per heavy atom. The first-order valence-corrected chi connectivity index (χ1v) is 9.61. The van der Waals surface area contributed by atoms with Gasteiger partial charge in [-0.15, -0.1) is 0 Å². The Balaban J connectivity index is 1.54. The van der Waals surface area contributed by atoms with Crippen LogP contribution >= 0.6 is 11.8 Å². The summed E-state index contributed by atoms with van der Waals surface area (Å²) in [6.45, 7) is 2.14. The second kappa shape index (κ2) is 6.92. The second-order valence-electron chi connectivity index (χ2n) is 6.39. The number of fused-ring (bicyclic) bond motifs is 1. The van der Waals surface area contributed by atoms with Crippen molar-refractivity contribution in [2.75, 3.05) is 5.32 Å². The number of thioether (sulfide) groups is 1. The highest BCUT2D eigenvalue weighted by atomic mass is 32.2. The quantitative estimate of drug-likeness (QED) is 0.678. The van der Waals surface area contributed by atoms with E-state index in [1.807, 2.05) is 25.3 Å². The van der Waals surface area contributed by atoms with Crippen LogP contribution in [0, 0.1) is 0 Å². The molecule has 0 saturated carbocycles. The van der Waals surface area contributed by atoms with E-state index in [9.17, 15) is 4.79 Å². The van der Waals surface area contributed by atoms with Crippen LogP contribution in [-0.2, 0) is 18.3 Å². The highest BCUT2D eigenvalue weighted by molar-refractivity contribution is 8.05. The highest BCUT2D eigenvalue weighted by Gasteiger charge is 2.27. The van der Waals surface area contributed by atoms with Crippen LogP contribution in [0.1, 0.15) is 18.1 Å². The predicted octanol–water partition coefficient (Wildman–Crippen LogP) is 4.34. The minimum atomic E-state index is -0.156. The molecule has 2 heterocycles. The minimum absolute atomic E-state index is 0.0365. The molecule has 1 aliphatic heterocycles. The summed E-state index contributed by atoms with van der Waals surface area (Å²) in [5, 5.41) is 7.51. The van der Waals surface area contributed by atoms with E-state index in [1.54, 1.807) is 0 Å². The normalized spacial score (nSPS) is 18.5. The summed E-state index contributed by atoms with van der Waals surface area (Å²) in [4.78, 5) is 13.1. The van der Waals surface area contributed by atoms with Gasteiger partial charge < -0.3 is 15.2 Å². The van der Waals surface area contributed by atoms with Gasteiger partial charge in [0.1, 0.15) is 0 Å². The van der Waals surface area contributed by atoms with Crippen molar-refractivity contribution in [2.45, 2.75) is 18.8 Å². The van der Waals surface area contributed by atoms with Crippen LogP contribution in [0.25, 0.3) is 17.0 Å². The third-order valence-corrected chi connectivity index (χ3v) is 5.63. The van der Waals surface area contributed by atoms with E-state index < -0.39 is 0 Å². The van der Waals surface area contributed by atoms with Crippen molar-refractivity contribution in [2.24, 2.45) is 7.05 Å². The fraction of sp³-hybridized carbons (Fsp3) is 0.190. The Morgan fingerprint density at radius 3 is 2.73 bits per heavy atom. The summed E-state index contributed by atoms with van der Waals surface area (Å²) in [5.74, 6) is -0.0365. The first-order chi connectivity index (χ1) is 12.6. The summed E-state index contributed by atoms with van der Waals surface area (Å²) in [6, 6.07) is 16.5. The van der Waals surface area contributed by atoms with Crippen molar-refractivity contribution >= 4 is 40.3 Å². The fourth-order valence-corrected chi connectivity index (χ4v) is 4.16. The number of para-hydroxylation sites is 1. The van der Waals surface area contributed by atoms with Crippen molar-refractivity contribution in [3.8, 4) is 0 Å². The molecular weight excluding hydrogens is 342 g/mol. The number of anilines is 1. The first-order valence-electron chi connectivity index (χ1n) is 8.73. The molecule has 4 nitrogen and oxygen atoms in total. The number of hydrogen-bond acceptors (Lipinski definition) is 3. The molecule has 132 valence electrons. The molecule has 26 heavy (non-hydrogen) atoms. The number of nitrogens with one attached hydrogen (secondary N) is 2. The molecule has 1 aromatic heterocycles. The number of carbonyl (C=O) groups is 1. The molecule has 2 N–H and O–H groups in total. The van der Waals surface area contributed by atoms with E-state index in [2.05, 4.69) is 64.7 Å². The average Bonchev–Trinajstić information content (AvgIpc) is 3.16. The summed E-state index contributed by atoms with van der Waals surface area (Å²) in [5.41, 5.74) is 4.37. The van der Waals surface area contributed by atoms with Gasteiger partial charge in [-0.25, -0.2) is 0 Å². The van der Waals surface area contributed by atoms with Crippen molar-refractivity contribution in [3.05, 3.63) is 70.8 Å². The monoisotopic (exact) mass is 363 g/mol. The lowest BCUT2D eigenvalue weighted by Crippen LogP contribution is -2.30. The van der Waals surface area contributed by atoms with Gasteiger partial charge in [0.25, 0.3) is 5.91 Å². The predicted molar refractivity (Wildman–Crippen MR) is 110 cm³/mol. The number of amides is 1. The van der Waals surface area contributed by atoms with E-state index in [0.717, 1.165) is 33.5 Å². The van der Waals surface area contributed by atoms with Gasteiger partial charge in [0, 0.05) is 35.4 Å². The Labute approximate surface area is 157 Å². The molecule has 3 aromatic rings. The van der Waals surface area contributed by atoms with Gasteiger partial charge >= 0.3 is 0 Å². The first kappa shape index (κ1) is 16.8. The van der Waals surface area contributed by atoms with Gasteiger partial charge in [-0.3, -0.25) is 4.79 Å². The number of carbonyl (C=O) groups excluding carboxylic acids is 1. The molecule has 1 fully saturated rings. The van der Waals surface area contributed by atoms with E-state index in [1.165, 1.54) is 17.3 Å². The topological polar surface area (TPSA) is 46.1 Å². The largest absolute Gasteiger partial charge is 0.357 e. The Bertz CT molecular complexity index is 988. The van der Waals surface area contributed by atoms with Gasteiger partial charge in [0.2, 0.25) is 0 Å². The fourth-order valence-electron chi connectivity index (χ4n) is 3.18. The number of aromatic nitrogens is 1. The molecule has 1 amide bonds. The molecule has 0 aliphatic carbocycles. The number of benzene rings is 2. The summed E-state index contributed by atoms with van der Waals surface area (Å²) < 4.78 is 2.09. The van der Waals surface area contributed by atoms with Crippen molar-refractivity contribution < 1.29 is 4.79 Å². The summed E-state index contributed by atoms with van der Waals surface area (Å²) in [7, 11) is 2.02. The van der Waals surface area contributed by atoms with E-state index >= 15 is 0 Å². The number of rotatable bonds is 4. The third-order valence-electron chi connectivity index (χ3n) is 4.61. The summed E-state index contributed by atoms with van der Waals surface area (Å²) in [6.07, 6.45) is 5.06. The van der Waals surface area contributed by atoms with Crippen molar-refractivity contribution in [1.29, 1.82) is 0 Å². The molecule has 4 rings (SSSR count). The SMILES string of the molecule is CCc1ccc(N[C@@H]2NC(=O)/C(=C/c3cn(C)c4ccccc34)S2)cc1. The average molecular weight is 363 g/mol. The molecular formula is C21H21N3OS. The Morgan fingerprint density at radius 2 is 1.96 bits per heavy atom. The zero-order chi connectivity index (χ0) is 18.1. The van der Waals surface area contributed by atoms with Crippen LogP contribution in [0.2, 0.25) is 0 Å². The maximum Gasteiger partial charge on any atom is 0.260 e. The van der Waals surface area contributed by atoms with Crippen LogP contribution in [-0.4, -0.2) is 16.0 Å². The zero-order valence-electron chi connectivity index (χ0n) is 14.8. The molecule has 0 bridgehead atoms. The van der Waals surface area contributed by atoms with Crippen LogP contribution in [0.4, 0.5) is 5.69 Å². The molecule has 5 heteroatoms. The molecule has 1 atom stereocenters. The maximum atomic E-state index is 12.4. The van der Waals surface area contributed by atoms with Gasteiger partial charge in [0.15, 0.2) is 5.50 Å². The lowest BCUT2D eigenvalue weighted by Gasteiger charge is -2.12. The van der Waals surface area contributed by atoms with Gasteiger partial charge in [-0.2, -0.15) is 0 Å². The molecule has 1 aliphatic rings. The highest BCUT2D eigenvalue weighted by Crippen LogP contribution is 2.32. The smallest absolute Gasteiger partial charge is 0.260 e. The van der Waals surface area contributed by atoms with Crippen molar-refractivity contribution in [1.82, 2.24) is 9.88 Å². The van der Waals surface area contributed by atoms with Gasteiger partial charge in [-0.1, -0.05) is 49.0 Å². The molecule has 0 radical (unpaired) electrons. The molecule has 0 spiro atoms. The lowest BCUT2D eigenvalue weighted by atomic mass is 10.1. The van der Waals surface area contributed by atoms with E-state index in [0.29, 0.717) is 0 Å². The number of aryl methyl sites for hydroxylation is 2. The van der Waals surface area contributed by atoms with E-state index in [-0.39, 0.29) is 11.4 Å².